The summed E-state index contributed by atoms with van der Waals surface area (Å²) in [5.74, 6) is 0.673. The van der Waals surface area contributed by atoms with Crippen LogP contribution in [-0.2, 0) is 16.1 Å². The van der Waals surface area contributed by atoms with Crippen molar-refractivity contribution in [1.82, 2.24) is 0 Å². The molecule has 0 heterocycles. The van der Waals surface area contributed by atoms with Gasteiger partial charge in [-0.3, -0.25) is 0 Å². The summed E-state index contributed by atoms with van der Waals surface area (Å²) in [5.41, 5.74) is 11.4. The lowest BCUT2D eigenvalue weighted by molar-refractivity contribution is -0.140. The lowest BCUT2D eigenvalue weighted by atomic mass is 9.59. The molecule has 2 nitrogen and oxygen atoms in total. The van der Waals surface area contributed by atoms with Gasteiger partial charge in [-0.05, 0) is 56.3 Å². The number of carbonyl (C=O) groups is 1. The van der Waals surface area contributed by atoms with Gasteiger partial charge in [-0.15, -0.1) is 0 Å². The van der Waals surface area contributed by atoms with Crippen LogP contribution < -0.4 is 0 Å². The van der Waals surface area contributed by atoms with E-state index in [0.717, 1.165) is 10.9 Å². The van der Waals surface area contributed by atoms with Crippen LogP contribution in [0.3, 0.4) is 0 Å². The summed E-state index contributed by atoms with van der Waals surface area (Å²) in [5, 5.41) is 4.89. The maximum absolute atomic E-state index is 12.5. The van der Waals surface area contributed by atoms with Crippen molar-refractivity contribution in [3.8, 4) is 0 Å². The molecule has 0 saturated heterocycles. The highest BCUT2D eigenvalue weighted by Crippen LogP contribution is 2.58. The van der Waals surface area contributed by atoms with Crippen LogP contribution in [0.4, 0.5) is 0 Å². The Labute approximate surface area is 231 Å². The second-order valence-electron chi connectivity index (χ2n) is 11.5. The summed E-state index contributed by atoms with van der Waals surface area (Å²) in [6, 6.07) is 22.0. The lowest BCUT2D eigenvalue weighted by Crippen LogP contribution is -2.28. The Hall–Kier alpha value is -3.91. The fourth-order valence-corrected chi connectivity index (χ4v) is 7.62. The number of rotatable bonds is 4. The van der Waals surface area contributed by atoms with E-state index in [1.807, 2.05) is 0 Å². The molecular weight excluding hydrogens is 476 g/mol. The number of hydrogen-bond acceptors (Lipinski definition) is 2. The summed E-state index contributed by atoms with van der Waals surface area (Å²) < 4.78 is 5.80. The van der Waals surface area contributed by atoms with E-state index in [0.29, 0.717) is 11.5 Å². The van der Waals surface area contributed by atoms with Crippen LogP contribution in [-0.4, -0.2) is 5.97 Å². The van der Waals surface area contributed by atoms with Gasteiger partial charge in [0.25, 0.3) is 0 Å². The Bertz CT molecular complexity index is 1730. The molecule has 0 bridgehead atoms. The monoisotopic (exact) mass is 512 g/mol. The summed E-state index contributed by atoms with van der Waals surface area (Å²) in [7, 11) is 0. The van der Waals surface area contributed by atoms with Crippen molar-refractivity contribution in [3.05, 3.63) is 124 Å². The molecule has 2 aliphatic rings. The van der Waals surface area contributed by atoms with Crippen LogP contribution in [0.15, 0.2) is 90.5 Å². The predicted molar refractivity (Wildman–Crippen MR) is 163 cm³/mol. The molecule has 4 unspecified atom stereocenters. The molecule has 4 aromatic carbocycles. The average molecular weight is 513 g/mol. The van der Waals surface area contributed by atoms with Gasteiger partial charge in [-0.25, -0.2) is 4.79 Å². The van der Waals surface area contributed by atoms with Crippen LogP contribution in [0.2, 0.25) is 0 Å². The first-order valence-electron chi connectivity index (χ1n) is 14.0. The maximum Gasteiger partial charge on any atom is 0.333 e. The highest BCUT2D eigenvalue weighted by Gasteiger charge is 2.41. The third-order valence-corrected chi connectivity index (χ3v) is 9.29. The molecule has 0 aromatic heterocycles. The zero-order valence-corrected chi connectivity index (χ0v) is 23.6. The summed E-state index contributed by atoms with van der Waals surface area (Å²) in [6.45, 7) is 19.5. The minimum Gasteiger partial charge on any atom is -0.457 e. The molecule has 2 heteroatoms. The molecule has 0 fully saturated rings. The topological polar surface area (TPSA) is 26.3 Å². The largest absolute Gasteiger partial charge is 0.457 e. The lowest BCUT2D eigenvalue weighted by Gasteiger charge is -2.44. The van der Waals surface area contributed by atoms with Gasteiger partial charge in [0.05, 0.1) is 0 Å². The van der Waals surface area contributed by atoms with E-state index in [9.17, 15) is 4.79 Å². The Balaban J connectivity index is 1.58. The number of ether oxygens (including phenoxy) is 1. The molecule has 6 rings (SSSR count). The van der Waals surface area contributed by atoms with E-state index in [1.54, 1.807) is 12.5 Å². The van der Waals surface area contributed by atoms with Crippen molar-refractivity contribution in [3.63, 3.8) is 0 Å². The molecule has 0 N–H and O–H groups in total. The van der Waals surface area contributed by atoms with E-state index >= 15 is 0 Å². The number of hydrogen-bond donors (Lipinski definition) is 0. The molecule has 4 atom stereocenters. The minimum atomic E-state index is -0.343. The third kappa shape index (κ3) is 3.72. The number of allylic oxidation sites excluding steroid dienone is 2. The first kappa shape index (κ1) is 25.4. The van der Waals surface area contributed by atoms with Crippen LogP contribution in [0, 0.1) is 0 Å². The van der Waals surface area contributed by atoms with Gasteiger partial charge < -0.3 is 4.74 Å². The van der Waals surface area contributed by atoms with Gasteiger partial charge in [0.15, 0.2) is 0 Å². The standard InChI is InChI=1S/C37H36O2/c1-8-27-28-15-11-9-13-25(28)17-30-21(4)33-22(5)31-18-26-14-10-12-16-29(26)32(19-39-37(38)20(2)3)36(31)24(7)34(33)23(6)35(27)30/h8-18,21-24H,1-2,19H2,3-7H3. The zero-order chi connectivity index (χ0) is 27.6. The average Bonchev–Trinajstić information content (AvgIpc) is 2.94. The van der Waals surface area contributed by atoms with Crippen molar-refractivity contribution in [2.24, 2.45) is 0 Å². The van der Waals surface area contributed by atoms with Crippen molar-refractivity contribution in [1.29, 1.82) is 0 Å². The molecule has 0 spiro atoms. The van der Waals surface area contributed by atoms with E-state index in [2.05, 4.69) is 108 Å². The first-order chi connectivity index (χ1) is 18.7. The highest BCUT2D eigenvalue weighted by atomic mass is 16.5. The SMILES string of the molecule is C=Cc1c2c(cc3ccccc13)C(C)C1=C(C2C)C(C)c2c(cc3ccccc3c2COC(=O)C(=C)C)C1C. The first-order valence-corrected chi connectivity index (χ1v) is 14.0. The molecule has 2 aliphatic carbocycles. The second kappa shape index (κ2) is 9.38. The smallest absolute Gasteiger partial charge is 0.333 e. The van der Waals surface area contributed by atoms with Gasteiger partial charge in [-0.1, -0.05) is 119 Å². The molecule has 0 saturated carbocycles. The summed E-state index contributed by atoms with van der Waals surface area (Å²) in [4.78, 5) is 12.5. The summed E-state index contributed by atoms with van der Waals surface area (Å²) >= 11 is 0. The number of fused-ring (bicyclic) bond motifs is 4. The van der Waals surface area contributed by atoms with E-state index in [1.165, 1.54) is 49.5 Å². The Morgan fingerprint density at radius 2 is 1.31 bits per heavy atom. The Morgan fingerprint density at radius 1 is 0.795 bits per heavy atom. The van der Waals surface area contributed by atoms with E-state index < -0.39 is 0 Å². The van der Waals surface area contributed by atoms with Crippen molar-refractivity contribution >= 4 is 33.6 Å². The van der Waals surface area contributed by atoms with Crippen LogP contribution in [0.5, 0.6) is 0 Å². The van der Waals surface area contributed by atoms with E-state index in [-0.39, 0.29) is 30.3 Å². The molecule has 4 aromatic rings. The number of benzene rings is 4. The zero-order valence-electron chi connectivity index (χ0n) is 23.6. The fraction of sp³-hybridized carbons (Fsp3) is 0.270. The predicted octanol–water partition coefficient (Wildman–Crippen LogP) is 9.69. The number of esters is 1. The molecule has 0 amide bonds. The van der Waals surface area contributed by atoms with Gasteiger partial charge in [0, 0.05) is 34.8 Å². The molecular formula is C37H36O2. The van der Waals surface area contributed by atoms with Crippen LogP contribution in [0.1, 0.15) is 91.7 Å². The normalized spacial score (nSPS) is 21.8. The Morgan fingerprint density at radius 3 is 1.92 bits per heavy atom. The highest BCUT2D eigenvalue weighted by molar-refractivity contribution is 5.94. The molecule has 0 radical (unpaired) electrons. The van der Waals surface area contributed by atoms with Gasteiger partial charge in [0.1, 0.15) is 6.61 Å². The maximum atomic E-state index is 12.5. The summed E-state index contributed by atoms with van der Waals surface area (Å²) in [6.07, 6.45) is 2.05. The van der Waals surface area contributed by atoms with Crippen molar-refractivity contribution in [2.75, 3.05) is 0 Å². The van der Waals surface area contributed by atoms with Crippen molar-refractivity contribution < 1.29 is 9.53 Å². The minimum absolute atomic E-state index is 0.198. The van der Waals surface area contributed by atoms with Gasteiger partial charge >= 0.3 is 5.97 Å². The fourth-order valence-electron chi connectivity index (χ4n) is 7.62. The van der Waals surface area contributed by atoms with Gasteiger partial charge in [0.2, 0.25) is 0 Å². The molecule has 196 valence electrons. The third-order valence-electron chi connectivity index (χ3n) is 9.29. The molecule has 39 heavy (non-hydrogen) atoms. The van der Waals surface area contributed by atoms with Gasteiger partial charge in [-0.2, -0.15) is 0 Å². The van der Waals surface area contributed by atoms with Crippen LogP contribution in [0.25, 0.3) is 27.6 Å². The second-order valence-corrected chi connectivity index (χ2v) is 11.5. The van der Waals surface area contributed by atoms with E-state index in [4.69, 9.17) is 4.74 Å². The van der Waals surface area contributed by atoms with Crippen molar-refractivity contribution in [2.45, 2.75) is 64.9 Å². The Kier molecular flexibility index (Phi) is 6.10. The quantitative estimate of drug-likeness (QED) is 0.155. The molecule has 0 aliphatic heterocycles. The number of carbonyl (C=O) groups excluding carboxylic acids is 1. The van der Waals surface area contributed by atoms with Crippen LogP contribution >= 0.6 is 0 Å².